The minimum atomic E-state index is 0.292. The van der Waals surface area contributed by atoms with Gasteiger partial charge in [-0.15, -0.1) is 4.91 Å². The Labute approximate surface area is 122 Å². The molecule has 5 heteroatoms. The predicted molar refractivity (Wildman–Crippen MR) is 82.0 cm³/mol. The fourth-order valence-corrected chi connectivity index (χ4v) is 2.35. The molecule has 0 bridgehead atoms. The maximum Gasteiger partial charge on any atom is 0.209 e. The van der Waals surface area contributed by atoms with E-state index in [-0.39, 0.29) is 0 Å². The largest absolute Gasteiger partial charge is 0.493 e. The zero-order valence-corrected chi connectivity index (χ0v) is 11.9. The molecule has 3 rings (SSSR count). The van der Waals surface area contributed by atoms with Crippen molar-refractivity contribution in [3.8, 4) is 17.0 Å². The number of nitrogens with zero attached hydrogens (tertiary/aromatic N) is 3. The lowest BCUT2D eigenvalue weighted by molar-refractivity contribution is 0.341. The number of pyridine rings is 1. The van der Waals surface area contributed by atoms with Crippen molar-refractivity contribution in [2.24, 2.45) is 5.18 Å². The first kappa shape index (κ1) is 13.3. The summed E-state index contributed by atoms with van der Waals surface area (Å²) >= 11 is 0. The number of aryl methyl sites for hydroxylation is 1. The summed E-state index contributed by atoms with van der Waals surface area (Å²) in [6.45, 7) is 4.43. The van der Waals surface area contributed by atoms with Gasteiger partial charge >= 0.3 is 0 Å². The second kappa shape index (κ2) is 5.36. The molecule has 0 N–H and O–H groups in total. The van der Waals surface area contributed by atoms with Crippen LogP contribution in [0.2, 0.25) is 0 Å². The van der Waals surface area contributed by atoms with Crippen LogP contribution in [0, 0.1) is 11.8 Å². The van der Waals surface area contributed by atoms with Crippen molar-refractivity contribution in [1.29, 1.82) is 0 Å². The van der Waals surface area contributed by atoms with E-state index in [9.17, 15) is 4.91 Å². The molecule has 2 heterocycles. The zero-order chi connectivity index (χ0) is 14.8. The number of ether oxygens (including phenoxy) is 1. The van der Waals surface area contributed by atoms with Gasteiger partial charge in [-0.05, 0) is 42.8 Å². The Morgan fingerprint density at radius 2 is 2.05 bits per heavy atom. The van der Waals surface area contributed by atoms with E-state index in [1.807, 2.05) is 56.4 Å². The molecule has 0 saturated heterocycles. The number of hydrogen-bond acceptors (Lipinski definition) is 4. The minimum absolute atomic E-state index is 0.292. The van der Waals surface area contributed by atoms with E-state index in [0.29, 0.717) is 29.5 Å². The molecule has 0 unspecified atom stereocenters. The fraction of sp³-hybridized carbons (Fsp3) is 0.188. The van der Waals surface area contributed by atoms with Gasteiger partial charge in [-0.1, -0.05) is 18.2 Å². The molecule has 0 fully saturated rings. The highest BCUT2D eigenvalue weighted by Crippen LogP contribution is 2.36. The number of aromatic nitrogens is 2. The Balaban J connectivity index is 2.27. The van der Waals surface area contributed by atoms with Gasteiger partial charge in [0.1, 0.15) is 17.1 Å². The normalized spacial score (nSPS) is 10.8. The van der Waals surface area contributed by atoms with Gasteiger partial charge in [0.05, 0.1) is 6.61 Å². The lowest BCUT2D eigenvalue weighted by atomic mass is 10.1. The molecule has 2 aromatic heterocycles. The monoisotopic (exact) mass is 281 g/mol. The summed E-state index contributed by atoms with van der Waals surface area (Å²) < 4.78 is 7.33. The lowest BCUT2D eigenvalue weighted by Crippen LogP contribution is -1.94. The summed E-state index contributed by atoms with van der Waals surface area (Å²) in [5, 5.41) is 3.17. The van der Waals surface area contributed by atoms with Crippen LogP contribution in [-0.4, -0.2) is 16.0 Å². The second-order valence-electron chi connectivity index (χ2n) is 4.74. The van der Waals surface area contributed by atoms with Gasteiger partial charge in [0, 0.05) is 11.8 Å². The molecule has 0 spiro atoms. The molecule has 1 aromatic carbocycles. The maximum atomic E-state index is 11.3. The Morgan fingerprint density at radius 3 is 2.81 bits per heavy atom. The summed E-state index contributed by atoms with van der Waals surface area (Å²) in [4.78, 5) is 15.8. The number of rotatable bonds is 4. The summed E-state index contributed by atoms with van der Waals surface area (Å²) in [6.07, 6.45) is 1.85. The van der Waals surface area contributed by atoms with Crippen LogP contribution in [0.1, 0.15) is 12.5 Å². The smallest absolute Gasteiger partial charge is 0.209 e. The summed E-state index contributed by atoms with van der Waals surface area (Å²) in [5.74, 6) is 0.992. The standard InChI is InChI=1S/C16H15N3O2/c1-3-21-13-7-5-4-6-12(13)15-16(18-20)19-10-11(2)8-9-14(19)17-15/h4-10H,3H2,1-2H3. The molecular weight excluding hydrogens is 266 g/mol. The quantitative estimate of drug-likeness (QED) is 0.676. The fourth-order valence-electron chi connectivity index (χ4n) is 2.35. The van der Waals surface area contributed by atoms with Crippen molar-refractivity contribution >= 4 is 11.5 Å². The minimum Gasteiger partial charge on any atom is -0.493 e. The number of fused-ring (bicyclic) bond motifs is 1. The summed E-state index contributed by atoms with van der Waals surface area (Å²) in [7, 11) is 0. The van der Waals surface area contributed by atoms with Crippen LogP contribution in [-0.2, 0) is 0 Å². The van der Waals surface area contributed by atoms with E-state index in [1.165, 1.54) is 0 Å². The molecule has 0 amide bonds. The van der Waals surface area contributed by atoms with Crippen LogP contribution in [0.25, 0.3) is 16.9 Å². The van der Waals surface area contributed by atoms with Crippen LogP contribution < -0.4 is 4.74 Å². The average Bonchev–Trinajstić information content (AvgIpc) is 2.85. The summed E-state index contributed by atoms with van der Waals surface area (Å²) in [6, 6.07) is 11.4. The van der Waals surface area contributed by atoms with Crippen molar-refractivity contribution in [3.05, 3.63) is 53.1 Å². The van der Waals surface area contributed by atoms with Gasteiger partial charge in [0.2, 0.25) is 5.82 Å². The topological polar surface area (TPSA) is 56.0 Å². The molecule has 0 aliphatic rings. The van der Waals surface area contributed by atoms with Crippen LogP contribution in [0.4, 0.5) is 5.82 Å². The number of imidazole rings is 1. The summed E-state index contributed by atoms with van der Waals surface area (Å²) in [5.41, 5.74) is 3.04. The second-order valence-corrected chi connectivity index (χ2v) is 4.74. The highest BCUT2D eigenvalue weighted by atomic mass is 16.5. The van der Waals surface area contributed by atoms with Crippen molar-refractivity contribution in [2.75, 3.05) is 6.61 Å². The van der Waals surface area contributed by atoms with Crippen molar-refractivity contribution < 1.29 is 4.74 Å². The highest BCUT2D eigenvalue weighted by Gasteiger charge is 2.18. The molecular formula is C16H15N3O2. The Kier molecular flexibility index (Phi) is 3.39. The molecule has 0 aliphatic heterocycles. The first-order chi connectivity index (χ1) is 10.2. The molecule has 0 aliphatic carbocycles. The lowest BCUT2D eigenvalue weighted by Gasteiger charge is -2.07. The molecule has 106 valence electrons. The van der Waals surface area contributed by atoms with Crippen molar-refractivity contribution in [1.82, 2.24) is 9.38 Å². The third-order valence-corrected chi connectivity index (χ3v) is 3.27. The van der Waals surface area contributed by atoms with Gasteiger partial charge in [-0.25, -0.2) is 4.98 Å². The van der Waals surface area contributed by atoms with Gasteiger partial charge < -0.3 is 4.74 Å². The molecule has 0 radical (unpaired) electrons. The first-order valence-electron chi connectivity index (χ1n) is 6.79. The highest BCUT2D eigenvalue weighted by molar-refractivity contribution is 5.78. The van der Waals surface area contributed by atoms with E-state index in [1.54, 1.807) is 4.40 Å². The molecule has 3 aromatic rings. The van der Waals surface area contributed by atoms with Gasteiger partial charge in [0.15, 0.2) is 0 Å². The van der Waals surface area contributed by atoms with Crippen LogP contribution in [0.3, 0.4) is 0 Å². The van der Waals surface area contributed by atoms with Crippen molar-refractivity contribution in [2.45, 2.75) is 13.8 Å². The van der Waals surface area contributed by atoms with Gasteiger partial charge in [-0.2, -0.15) is 0 Å². The number of para-hydroxylation sites is 1. The maximum absolute atomic E-state index is 11.3. The molecule has 0 saturated carbocycles. The van der Waals surface area contributed by atoms with E-state index < -0.39 is 0 Å². The van der Waals surface area contributed by atoms with Crippen LogP contribution in [0.5, 0.6) is 5.75 Å². The van der Waals surface area contributed by atoms with E-state index in [2.05, 4.69) is 10.2 Å². The number of hydrogen-bond donors (Lipinski definition) is 0. The Bertz CT molecular complexity index is 808. The Hall–Kier alpha value is -2.69. The first-order valence-corrected chi connectivity index (χ1v) is 6.79. The SMILES string of the molecule is CCOc1ccccc1-c1nc2ccc(C)cn2c1N=O. The molecule has 5 nitrogen and oxygen atoms in total. The average molecular weight is 281 g/mol. The van der Waals surface area contributed by atoms with E-state index in [4.69, 9.17) is 4.74 Å². The third-order valence-electron chi connectivity index (χ3n) is 3.27. The number of benzene rings is 1. The Morgan fingerprint density at radius 1 is 1.24 bits per heavy atom. The van der Waals surface area contributed by atoms with Crippen LogP contribution >= 0.6 is 0 Å². The van der Waals surface area contributed by atoms with Gasteiger partial charge in [-0.3, -0.25) is 4.40 Å². The van der Waals surface area contributed by atoms with E-state index in [0.717, 1.165) is 11.1 Å². The van der Waals surface area contributed by atoms with Gasteiger partial charge in [0.25, 0.3) is 0 Å². The molecule has 0 atom stereocenters. The van der Waals surface area contributed by atoms with Crippen molar-refractivity contribution in [3.63, 3.8) is 0 Å². The third kappa shape index (κ3) is 2.27. The predicted octanol–water partition coefficient (Wildman–Crippen LogP) is 4.11. The number of nitroso groups, excluding NO2 is 1. The van der Waals surface area contributed by atoms with E-state index >= 15 is 0 Å². The molecule has 21 heavy (non-hydrogen) atoms. The van der Waals surface area contributed by atoms with Crippen LogP contribution in [0.15, 0.2) is 47.8 Å². The zero-order valence-electron chi connectivity index (χ0n) is 11.9.